The number of nitrogens with zero attached hydrogens (tertiary/aromatic N) is 5. The molecule has 0 radical (unpaired) electrons. The molecule has 3 atom stereocenters. The first-order chi connectivity index (χ1) is 16.2. The van der Waals surface area contributed by atoms with Crippen LogP contribution in [0.1, 0.15) is 6.92 Å². The number of nitrogens with one attached hydrogen (secondary N) is 2. The lowest BCUT2D eigenvalue weighted by atomic mass is 10.0. The molecule has 0 aliphatic carbocycles. The quantitative estimate of drug-likeness (QED) is 0.501. The Hall–Kier alpha value is -3.17. The molecule has 170 valence electrons. The molecule has 6 heterocycles. The molecule has 4 aromatic rings. The van der Waals surface area contributed by atoms with Gasteiger partial charge in [-0.2, -0.15) is 9.97 Å². The van der Waals surface area contributed by atoms with Gasteiger partial charge in [-0.05, 0) is 19.1 Å². The summed E-state index contributed by atoms with van der Waals surface area (Å²) in [7, 11) is 0. The van der Waals surface area contributed by atoms with E-state index in [1.54, 1.807) is 0 Å². The van der Waals surface area contributed by atoms with Crippen LogP contribution in [0.15, 0.2) is 30.5 Å². The van der Waals surface area contributed by atoms with Crippen LogP contribution in [0.25, 0.3) is 33.5 Å². The van der Waals surface area contributed by atoms with E-state index in [1.165, 1.54) is 0 Å². The van der Waals surface area contributed by atoms with E-state index in [9.17, 15) is 0 Å². The van der Waals surface area contributed by atoms with E-state index in [4.69, 9.17) is 24.4 Å². The monoisotopic (exact) mass is 445 g/mol. The summed E-state index contributed by atoms with van der Waals surface area (Å²) in [5.74, 6) is 3.62. The van der Waals surface area contributed by atoms with Gasteiger partial charge in [0.25, 0.3) is 0 Å². The van der Waals surface area contributed by atoms with Gasteiger partial charge < -0.3 is 29.2 Å². The van der Waals surface area contributed by atoms with E-state index >= 15 is 0 Å². The number of hydrogen-bond acceptors (Lipinski definition) is 7. The van der Waals surface area contributed by atoms with Gasteiger partial charge in [0, 0.05) is 54.1 Å². The second kappa shape index (κ2) is 7.43. The standard InChI is InChI=1S/C24H27N7O2/c1-14-11-32-8-7-31(14)23-20-22(28-24(29-23)30-9-15-12-33-13-16(15)10-30)27-21(26-20)18-3-2-4-19-17(18)5-6-25-19/h2-6,14-16,25H,7-13H2,1H3,(H,26,27,28,29)/t14-,15?,16?/m1/s1. The minimum Gasteiger partial charge on any atom is -0.381 e. The zero-order valence-corrected chi connectivity index (χ0v) is 18.6. The maximum absolute atomic E-state index is 5.70. The van der Waals surface area contributed by atoms with E-state index in [2.05, 4.69) is 51.0 Å². The fourth-order valence-electron chi connectivity index (χ4n) is 5.53. The number of aromatic amines is 2. The summed E-state index contributed by atoms with van der Waals surface area (Å²) >= 11 is 0. The molecule has 3 saturated heterocycles. The molecule has 0 spiro atoms. The molecule has 0 saturated carbocycles. The van der Waals surface area contributed by atoms with Gasteiger partial charge in [-0.1, -0.05) is 12.1 Å². The highest BCUT2D eigenvalue weighted by atomic mass is 16.5. The van der Waals surface area contributed by atoms with Crippen LogP contribution in [0.4, 0.5) is 11.8 Å². The van der Waals surface area contributed by atoms with Crippen molar-refractivity contribution in [2.24, 2.45) is 11.8 Å². The van der Waals surface area contributed by atoms with Gasteiger partial charge >= 0.3 is 0 Å². The molecule has 2 unspecified atom stereocenters. The van der Waals surface area contributed by atoms with Crippen LogP contribution >= 0.6 is 0 Å². The van der Waals surface area contributed by atoms with Gasteiger partial charge in [0.2, 0.25) is 5.95 Å². The topological polar surface area (TPSA) is 95.2 Å². The summed E-state index contributed by atoms with van der Waals surface area (Å²) in [5, 5.41) is 1.14. The molecular formula is C24H27N7O2. The Kier molecular flexibility index (Phi) is 4.35. The van der Waals surface area contributed by atoms with Crippen LogP contribution < -0.4 is 9.80 Å². The van der Waals surface area contributed by atoms with Gasteiger partial charge in [0.1, 0.15) is 5.82 Å². The van der Waals surface area contributed by atoms with Crippen molar-refractivity contribution in [3.63, 3.8) is 0 Å². The van der Waals surface area contributed by atoms with Crippen LogP contribution in [0, 0.1) is 11.8 Å². The highest BCUT2D eigenvalue weighted by Crippen LogP contribution is 2.35. The molecule has 3 aromatic heterocycles. The van der Waals surface area contributed by atoms with Crippen molar-refractivity contribution in [3.8, 4) is 11.4 Å². The lowest BCUT2D eigenvalue weighted by molar-refractivity contribution is 0.0987. The van der Waals surface area contributed by atoms with Gasteiger partial charge in [0.05, 0.1) is 32.5 Å². The molecule has 3 aliphatic heterocycles. The first-order valence-corrected chi connectivity index (χ1v) is 11.8. The third kappa shape index (κ3) is 3.10. The lowest BCUT2D eigenvalue weighted by Crippen LogP contribution is -2.44. The minimum atomic E-state index is 0.226. The Morgan fingerprint density at radius 3 is 2.73 bits per heavy atom. The van der Waals surface area contributed by atoms with E-state index in [1.807, 2.05) is 6.20 Å². The number of aromatic nitrogens is 5. The van der Waals surface area contributed by atoms with E-state index < -0.39 is 0 Å². The molecule has 0 bridgehead atoms. The predicted octanol–water partition coefficient (Wildman–Crippen LogP) is 2.81. The summed E-state index contributed by atoms with van der Waals surface area (Å²) in [6.45, 7) is 7.91. The fraction of sp³-hybridized carbons (Fsp3) is 0.458. The zero-order valence-electron chi connectivity index (χ0n) is 18.6. The van der Waals surface area contributed by atoms with Crippen molar-refractivity contribution in [1.29, 1.82) is 0 Å². The van der Waals surface area contributed by atoms with Crippen molar-refractivity contribution < 1.29 is 9.47 Å². The number of rotatable bonds is 3. The van der Waals surface area contributed by atoms with Gasteiger partial charge in [-0.15, -0.1) is 0 Å². The summed E-state index contributed by atoms with van der Waals surface area (Å²) < 4.78 is 11.4. The second-order valence-electron chi connectivity index (χ2n) is 9.45. The summed E-state index contributed by atoms with van der Waals surface area (Å²) in [6.07, 6.45) is 1.96. The SMILES string of the molecule is C[C@@H]1COCCN1c1nc(N2CC3COCC3C2)nc2[nH]c(-c3cccc4[nH]ccc34)nc12. The van der Waals surface area contributed by atoms with Crippen molar-refractivity contribution in [3.05, 3.63) is 30.5 Å². The van der Waals surface area contributed by atoms with E-state index in [0.717, 1.165) is 78.1 Å². The molecule has 33 heavy (non-hydrogen) atoms. The van der Waals surface area contributed by atoms with Crippen LogP contribution in [0.5, 0.6) is 0 Å². The van der Waals surface area contributed by atoms with Crippen LogP contribution in [-0.2, 0) is 9.47 Å². The van der Waals surface area contributed by atoms with Crippen molar-refractivity contribution in [2.75, 3.05) is 55.9 Å². The maximum atomic E-state index is 5.70. The number of imidazole rings is 1. The fourth-order valence-corrected chi connectivity index (χ4v) is 5.53. The number of morpholine rings is 1. The molecule has 3 fully saturated rings. The highest BCUT2D eigenvalue weighted by molar-refractivity contribution is 5.96. The smallest absolute Gasteiger partial charge is 0.229 e. The second-order valence-corrected chi connectivity index (χ2v) is 9.45. The zero-order chi connectivity index (χ0) is 21.9. The van der Waals surface area contributed by atoms with Crippen LogP contribution in [0.2, 0.25) is 0 Å². The van der Waals surface area contributed by atoms with Gasteiger partial charge in [-0.25, -0.2) is 4.98 Å². The Balaban J connectivity index is 1.37. The molecule has 2 N–H and O–H groups in total. The molecule has 7 rings (SSSR count). The molecule has 9 heteroatoms. The molecular weight excluding hydrogens is 418 g/mol. The average Bonchev–Trinajstić information content (AvgIpc) is 3.61. The van der Waals surface area contributed by atoms with Crippen molar-refractivity contribution >= 4 is 33.8 Å². The normalized spacial score (nSPS) is 25.4. The lowest BCUT2D eigenvalue weighted by Gasteiger charge is -2.34. The predicted molar refractivity (Wildman–Crippen MR) is 127 cm³/mol. The number of hydrogen-bond donors (Lipinski definition) is 2. The summed E-state index contributed by atoms with van der Waals surface area (Å²) in [6, 6.07) is 8.54. The Morgan fingerprint density at radius 1 is 1.00 bits per heavy atom. The maximum Gasteiger partial charge on any atom is 0.229 e. The Labute approximate surface area is 191 Å². The summed E-state index contributed by atoms with van der Waals surface area (Å²) in [4.78, 5) is 26.5. The number of ether oxygens (including phenoxy) is 2. The molecule has 3 aliphatic rings. The average molecular weight is 446 g/mol. The highest BCUT2D eigenvalue weighted by Gasteiger charge is 2.39. The molecule has 9 nitrogen and oxygen atoms in total. The third-order valence-corrected chi connectivity index (χ3v) is 7.33. The van der Waals surface area contributed by atoms with Gasteiger partial charge in [0.15, 0.2) is 17.0 Å². The molecule has 0 amide bonds. The Morgan fingerprint density at radius 2 is 1.88 bits per heavy atom. The van der Waals surface area contributed by atoms with Crippen LogP contribution in [-0.4, -0.2) is 77.0 Å². The Bertz CT molecular complexity index is 1320. The number of anilines is 2. The number of benzene rings is 1. The van der Waals surface area contributed by atoms with Gasteiger partial charge in [-0.3, -0.25) is 0 Å². The van der Waals surface area contributed by atoms with Crippen molar-refractivity contribution in [1.82, 2.24) is 24.9 Å². The largest absolute Gasteiger partial charge is 0.381 e. The van der Waals surface area contributed by atoms with Crippen LogP contribution in [0.3, 0.4) is 0 Å². The first kappa shape index (κ1) is 19.3. The minimum absolute atomic E-state index is 0.226. The number of H-pyrrole nitrogens is 2. The number of fused-ring (bicyclic) bond motifs is 3. The van der Waals surface area contributed by atoms with E-state index in [0.29, 0.717) is 25.0 Å². The molecule has 1 aromatic carbocycles. The summed E-state index contributed by atoms with van der Waals surface area (Å²) in [5.41, 5.74) is 3.75. The first-order valence-electron chi connectivity index (χ1n) is 11.8. The van der Waals surface area contributed by atoms with Crippen molar-refractivity contribution in [2.45, 2.75) is 13.0 Å². The van der Waals surface area contributed by atoms with E-state index in [-0.39, 0.29) is 6.04 Å². The third-order valence-electron chi connectivity index (χ3n) is 7.33.